The first-order valence-corrected chi connectivity index (χ1v) is 6.10. The molecule has 2 aliphatic rings. The Morgan fingerprint density at radius 1 is 1.47 bits per heavy atom. The maximum absolute atomic E-state index is 9.62. The van der Waals surface area contributed by atoms with Crippen LogP contribution in [0.3, 0.4) is 0 Å². The van der Waals surface area contributed by atoms with Crippen LogP contribution < -0.4 is 5.32 Å². The molecule has 1 heterocycles. The highest BCUT2D eigenvalue weighted by Gasteiger charge is 2.46. The standard InChI is InChI=1S/C12H23NO2/c1-12(2)10(6-11(12)14)13-7-9-4-3-5-15-8-9/h9-11,13-14H,3-8H2,1-2H3. The first-order valence-electron chi connectivity index (χ1n) is 6.10. The minimum Gasteiger partial charge on any atom is -0.392 e. The van der Waals surface area contributed by atoms with Gasteiger partial charge in [-0.05, 0) is 25.2 Å². The number of hydrogen-bond donors (Lipinski definition) is 2. The van der Waals surface area contributed by atoms with Crippen molar-refractivity contribution in [3.05, 3.63) is 0 Å². The molecule has 0 aromatic heterocycles. The molecule has 88 valence electrons. The third-order valence-corrected chi connectivity index (χ3v) is 4.12. The van der Waals surface area contributed by atoms with Crippen LogP contribution in [-0.2, 0) is 4.74 Å². The van der Waals surface area contributed by atoms with Crippen LogP contribution in [0.2, 0.25) is 0 Å². The summed E-state index contributed by atoms with van der Waals surface area (Å²) >= 11 is 0. The number of aliphatic hydroxyl groups excluding tert-OH is 1. The predicted octanol–water partition coefficient (Wildman–Crippen LogP) is 1.16. The van der Waals surface area contributed by atoms with Gasteiger partial charge in [-0.15, -0.1) is 0 Å². The number of nitrogens with one attached hydrogen (secondary N) is 1. The van der Waals surface area contributed by atoms with Gasteiger partial charge in [0.2, 0.25) is 0 Å². The van der Waals surface area contributed by atoms with E-state index in [4.69, 9.17) is 4.74 Å². The molecule has 2 rings (SSSR count). The molecule has 0 aromatic carbocycles. The van der Waals surface area contributed by atoms with Crippen molar-refractivity contribution in [2.24, 2.45) is 11.3 Å². The van der Waals surface area contributed by atoms with Crippen LogP contribution in [0.25, 0.3) is 0 Å². The van der Waals surface area contributed by atoms with Gasteiger partial charge in [0.25, 0.3) is 0 Å². The van der Waals surface area contributed by atoms with Gasteiger partial charge in [-0.3, -0.25) is 0 Å². The summed E-state index contributed by atoms with van der Waals surface area (Å²) in [6.07, 6.45) is 3.25. The van der Waals surface area contributed by atoms with E-state index in [0.29, 0.717) is 12.0 Å². The summed E-state index contributed by atoms with van der Waals surface area (Å²) in [4.78, 5) is 0. The molecule has 1 aliphatic heterocycles. The van der Waals surface area contributed by atoms with Crippen LogP contribution in [0.15, 0.2) is 0 Å². The first-order chi connectivity index (χ1) is 7.10. The van der Waals surface area contributed by atoms with Crippen molar-refractivity contribution in [2.75, 3.05) is 19.8 Å². The Kier molecular flexibility index (Phi) is 3.33. The highest BCUT2D eigenvalue weighted by Crippen LogP contribution is 2.40. The van der Waals surface area contributed by atoms with E-state index in [1.807, 2.05) is 0 Å². The van der Waals surface area contributed by atoms with Gasteiger partial charge < -0.3 is 15.2 Å². The van der Waals surface area contributed by atoms with Crippen LogP contribution in [0.5, 0.6) is 0 Å². The van der Waals surface area contributed by atoms with Crippen molar-refractivity contribution in [3.8, 4) is 0 Å². The van der Waals surface area contributed by atoms with Crippen molar-refractivity contribution in [1.29, 1.82) is 0 Å². The maximum atomic E-state index is 9.62. The van der Waals surface area contributed by atoms with Crippen LogP contribution in [0, 0.1) is 11.3 Å². The average Bonchev–Trinajstić information content (AvgIpc) is 2.25. The highest BCUT2D eigenvalue weighted by atomic mass is 16.5. The highest BCUT2D eigenvalue weighted by molar-refractivity contribution is 5.01. The molecule has 0 spiro atoms. The number of aliphatic hydroxyl groups is 1. The molecular formula is C12H23NO2. The van der Waals surface area contributed by atoms with Gasteiger partial charge in [-0.2, -0.15) is 0 Å². The summed E-state index contributed by atoms with van der Waals surface area (Å²) in [5, 5.41) is 13.2. The van der Waals surface area contributed by atoms with Crippen molar-refractivity contribution < 1.29 is 9.84 Å². The Hall–Kier alpha value is -0.120. The average molecular weight is 213 g/mol. The molecule has 2 fully saturated rings. The van der Waals surface area contributed by atoms with Crippen LogP contribution in [-0.4, -0.2) is 37.0 Å². The van der Waals surface area contributed by atoms with E-state index in [1.54, 1.807) is 0 Å². The Bertz CT molecular complexity index is 212. The fourth-order valence-corrected chi connectivity index (χ4v) is 2.53. The van der Waals surface area contributed by atoms with Gasteiger partial charge in [-0.1, -0.05) is 13.8 Å². The van der Waals surface area contributed by atoms with Crippen LogP contribution in [0.4, 0.5) is 0 Å². The van der Waals surface area contributed by atoms with Gasteiger partial charge in [0, 0.05) is 24.6 Å². The minimum atomic E-state index is -0.127. The number of rotatable bonds is 3. The number of ether oxygens (including phenoxy) is 1. The largest absolute Gasteiger partial charge is 0.392 e. The first kappa shape index (κ1) is 11.4. The lowest BCUT2D eigenvalue weighted by molar-refractivity contribution is -0.0750. The van der Waals surface area contributed by atoms with E-state index < -0.39 is 0 Å². The molecule has 1 aliphatic carbocycles. The van der Waals surface area contributed by atoms with E-state index in [-0.39, 0.29) is 11.5 Å². The van der Waals surface area contributed by atoms with Crippen LogP contribution in [0.1, 0.15) is 33.1 Å². The fourth-order valence-electron chi connectivity index (χ4n) is 2.53. The van der Waals surface area contributed by atoms with Crippen molar-refractivity contribution in [2.45, 2.75) is 45.3 Å². The topological polar surface area (TPSA) is 41.5 Å². The molecule has 0 aromatic rings. The van der Waals surface area contributed by atoms with Crippen LogP contribution >= 0.6 is 0 Å². The lowest BCUT2D eigenvalue weighted by Gasteiger charge is -2.50. The molecule has 2 N–H and O–H groups in total. The predicted molar refractivity (Wildman–Crippen MR) is 59.7 cm³/mol. The van der Waals surface area contributed by atoms with E-state index in [9.17, 15) is 5.11 Å². The minimum absolute atomic E-state index is 0.0511. The Morgan fingerprint density at radius 3 is 2.80 bits per heavy atom. The molecule has 3 unspecified atom stereocenters. The lowest BCUT2D eigenvalue weighted by Crippen LogP contribution is -2.60. The molecule has 3 atom stereocenters. The van der Waals surface area contributed by atoms with Gasteiger partial charge in [0.05, 0.1) is 12.7 Å². The molecule has 3 heteroatoms. The van der Waals surface area contributed by atoms with Crippen molar-refractivity contribution in [1.82, 2.24) is 5.32 Å². The summed E-state index contributed by atoms with van der Waals surface area (Å²) in [5.41, 5.74) is 0.0511. The summed E-state index contributed by atoms with van der Waals surface area (Å²) < 4.78 is 5.45. The monoisotopic (exact) mass is 213 g/mol. The summed E-state index contributed by atoms with van der Waals surface area (Å²) in [7, 11) is 0. The third-order valence-electron chi connectivity index (χ3n) is 4.12. The normalized spacial score (nSPS) is 39.8. The van der Waals surface area contributed by atoms with Gasteiger partial charge in [0.1, 0.15) is 0 Å². The molecule has 0 bridgehead atoms. The van der Waals surface area contributed by atoms with E-state index in [1.165, 1.54) is 12.8 Å². The lowest BCUT2D eigenvalue weighted by atomic mass is 9.64. The zero-order valence-electron chi connectivity index (χ0n) is 9.83. The Balaban J connectivity index is 1.70. The summed E-state index contributed by atoms with van der Waals surface area (Å²) in [6, 6.07) is 0.481. The maximum Gasteiger partial charge on any atom is 0.0621 e. The SMILES string of the molecule is CC1(C)C(O)CC1NCC1CCCOC1. The molecule has 0 radical (unpaired) electrons. The molecule has 15 heavy (non-hydrogen) atoms. The third kappa shape index (κ3) is 2.35. The zero-order valence-corrected chi connectivity index (χ0v) is 9.83. The molecule has 0 amide bonds. The molecular weight excluding hydrogens is 190 g/mol. The van der Waals surface area contributed by atoms with E-state index in [0.717, 1.165) is 26.2 Å². The summed E-state index contributed by atoms with van der Waals surface area (Å²) in [5.74, 6) is 0.673. The number of hydrogen-bond acceptors (Lipinski definition) is 3. The molecule has 1 saturated carbocycles. The molecule has 1 saturated heterocycles. The molecule has 3 nitrogen and oxygen atoms in total. The second kappa shape index (κ2) is 4.40. The van der Waals surface area contributed by atoms with Gasteiger partial charge in [-0.25, -0.2) is 0 Å². The van der Waals surface area contributed by atoms with E-state index >= 15 is 0 Å². The van der Waals surface area contributed by atoms with Crippen molar-refractivity contribution in [3.63, 3.8) is 0 Å². The summed E-state index contributed by atoms with van der Waals surface area (Å²) in [6.45, 7) is 7.15. The van der Waals surface area contributed by atoms with Gasteiger partial charge in [0.15, 0.2) is 0 Å². The quantitative estimate of drug-likeness (QED) is 0.739. The smallest absolute Gasteiger partial charge is 0.0621 e. The second-order valence-corrected chi connectivity index (χ2v) is 5.62. The van der Waals surface area contributed by atoms with Gasteiger partial charge >= 0.3 is 0 Å². The van der Waals surface area contributed by atoms with E-state index in [2.05, 4.69) is 19.2 Å². The van der Waals surface area contributed by atoms with Crippen molar-refractivity contribution >= 4 is 0 Å². The fraction of sp³-hybridized carbons (Fsp3) is 1.00. The second-order valence-electron chi connectivity index (χ2n) is 5.62. The zero-order chi connectivity index (χ0) is 10.9. The Labute approximate surface area is 92.2 Å². The Morgan fingerprint density at radius 2 is 2.27 bits per heavy atom.